The van der Waals surface area contributed by atoms with E-state index in [1.54, 1.807) is 20.8 Å². The molecule has 44 valence electrons. The van der Waals surface area contributed by atoms with Crippen LogP contribution in [0.1, 0.15) is 20.8 Å². The number of carboxylic acid groups (broad SMARTS) is 1. The van der Waals surface area contributed by atoms with E-state index in [1.165, 1.54) is 0 Å². The summed E-state index contributed by atoms with van der Waals surface area (Å²) >= 11 is 0. The van der Waals surface area contributed by atoms with Crippen LogP contribution in [0.25, 0.3) is 0 Å². The summed E-state index contributed by atoms with van der Waals surface area (Å²) in [5, 5.41) is 8.25. The van der Waals surface area contributed by atoms with Crippen molar-refractivity contribution in [2.75, 3.05) is 0 Å². The Kier molecular flexibility index (Phi) is 4.92. The molecule has 0 saturated heterocycles. The Balaban J connectivity index is 0. The first-order chi connectivity index (χ1) is 2.94. The van der Waals surface area contributed by atoms with Crippen molar-refractivity contribution in [3.05, 3.63) is 0 Å². The molecule has 0 radical (unpaired) electrons. The van der Waals surface area contributed by atoms with Gasteiger partial charge in [-0.1, -0.05) is 0 Å². The molecular weight excluding hydrogens is 115 g/mol. The van der Waals surface area contributed by atoms with Crippen LogP contribution in [0.4, 0.5) is 0 Å². The van der Waals surface area contributed by atoms with Crippen molar-refractivity contribution < 1.29 is 9.90 Å². The number of carbonyl (C=O) groups is 1. The average Bonchev–Trinajstić information content (AvgIpc) is 1.31. The minimum absolute atomic E-state index is 0. The van der Waals surface area contributed by atoms with Gasteiger partial charge in [0.15, 0.2) is 0 Å². The van der Waals surface area contributed by atoms with Gasteiger partial charge < -0.3 is 5.11 Å². The summed E-state index contributed by atoms with van der Waals surface area (Å²) in [6, 6.07) is 0. The second-order valence-corrected chi connectivity index (χ2v) is 2.56. The number of hydrogen-bond acceptors (Lipinski definition) is 1. The third kappa shape index (κ3) is 4.62. The van der Waals surface area contributed by atoms with Crippen LogP contribution in [0, 0.1) is 5.41 Å². The topological polar surface area (TPSA) is 37.3 Å². The van der Waals surface area contributed by atoms with Gasteiger partial charge in [-0.05, 0) is 20.8 Å². The first kappa shape index (κ1) is 11.3. The second kappa shape index (κ2) is 3.49. The van der Waals surface area contributed by atoms with Gasteiger partial charge in [-0.15, -0.1) is 0 Å². The molecule has 0 aliphatic rings. The molecule has 0 aliphatic carbocycles. The Bertz CT molecular complexity index is 82.9. The molecule has 0 unspecified atom stereocenters. The molecular formula is C5H11NaO2. The molecule has 0 heterocycles. The molecule has 2 nitrogen and oxygen atoms in total. The zero-order valence-corrected chi connectivity index (χ0v) is 4.86. The molecule has 0 fully saturated rings. The summed E-state index contributed by atoms with van der Waals surface area (Å²) < 4.78 is 0. The fraction of sp³-hybridized carbons (Fsp3) is 0.800. The first-order valence-corrected chi connectivity index (χ1v) is 2.18. The average molecular weight is 126 g/mol. The van der Waals surface area contributed by atoms with E-state index < -0.39 is 11.4 Å². The van der Waals surface area contributed by atoms with Crippen LogP contribution in [0.2, 0.25) is 0 Å². The van der Waals surface area contributed by atoms with Crippen LogP contribution in [0.5, 0.6) is 0 Å². The molecule has 0 spiro atoms. The molecule has 0 aromatic heterocycles. The molecule has 3 heteroatoms. The Morgan fingerprint density at radius 1 is 1.38 bits per heavy atom. The van der Waals surface area contributed by atoms with Gasteiger partial charge in [-0.2, -0.15) is 0 Å². The molecule has 0 atom stereocenters. The zero-order chi connectivity index (χ0) is 6.08. The van der Waals surface area contributed by atoms with Crippen molar-refractivity contribution in [3.8, 4) is 0 Å². The van der Waals surface area contributed by atoms with Crippen LogP contribution in [-0.4, -0.2) is 40.6 Å². The van der Waals surface area contributed by atoms with Crippen molar-refractivity contribution in [1.82, 2.24) is 0 Å². The summed E-state index contributed by atoms with van der Waals surface area (Å²) in [6.45, 7) is 4.99. The Morgan fingerprint density at radius 3 is 1.50 bits per heavy atom. The first-order valence-electron chi connectivity index (χ1n) is 2.18. The summed E-state index contributed by atoms with van der Waals surface area (Å²) in [4.78, 5) is 10.0. The second-order valence-electron chi connectivity index (χ2n) is 2.56. The van der Waals surface area contributed by atoms with E-state index in [1.807, 2.05) is 0 Å². The summed E-state index contributed by atoms with van der Waals surface area (Å²) in [6.07, 6.45) is 0. The Hall–Kier alpha value is 0.470. The third-order valence-electron chi connectivity index (χ3n) is 0.642. The molecule has 0 bridgehead atoms. The molecule has 0 rings (SSSR count). The van der Waals surface area contributed by atoms with Crippen LogP contribution in [-0.2, 0) is 4.79 Å². The Morgan fingerprint density at radius 2 is 1.50 bits per heavy atom. The van der Waals surface area contributed by atoms with Crippen molar-refractivity contribution in [2.45, 2.75) is 20.8 Å². The van der Waals surface area contributed by atoms with E-state index in [4.69, 9.17) is 5.11 Å². The molecule has 0 saturated carbocycles. The van der Waals surface area contributed by atoms with Gasteiger partial charge in [0.05, 0.1) is 5.41 Å². The number of carboxylic acids is 1. The van der Waals surface area contributed by atoms with Gasteiger partial charge in [-0.25, -0.2) is 0 Å². The molecule has 0 aromatic carbocycles. The van der Waals surface area contributed by atoms with Gasteiger partial charge in [0.25, 0.3) is 0 Å². The maximum atomic E-state index is 10.0. The predicted octanol–water partition coefficient (Wildman–Crippen LogP) is 0.469. The van der Waals surface area contributed by atoms with E-state index in [9.17, 15) is 4.79 Å². The normalized spacial score (nSPS) is 9.88. The number of aliphatic carboxylic acids is 1. The van der Waals surface area contributed by atoms with Crippen LogP contribution in [0.3, 0.4) is 0 Å². The third-order valence-corrected chi connectivity index (χ3v) is 0.642. The van der Waals surface area contributed by atoms with Crippen molar-refractivity contribution in [3.63, 3.8) is 0 Å². The van der Waals surface area contributed by atoms with Gasteiger partial charge in [-0.3, -0.25) is 4.79 Å². The van der Waals surface area contributed by atoms with Gasteiger partial charge in [0.2, 0.25) is 0 Å². The van der Waals surface area contributed by atoms with E-state index in [0.717, 1.165) is 0 Å². The molecule has 0 aromatic rings. The monoisotopic (exact) mass is 126 g/mol. The molecule has 1 N–H and O–H groups in total. The molecule has 0 amide bonds. The van der Waals surface area contributed by atoms with Crippen molar-refractivity contribution >= 4 is 35.5 Å². The maximum absolute atomic E-state index is 10.0. The Labute approximate surface area is 71.6 Å². The van der Waals surface area contributed by atoms with E-state index >= 15 is 0 Å². The van der Waals surface area contributed by atoms with Crippen LogP contribution < -0.4 is 0 Å². The number of rotatable bonds is 0. The van der Waals surface area contributed by atoms with Crippen LogP contribution in [0.15, 0.2) is 0 Å². The zero-order valence-electron chi connectivity index (χ0n) is 4.86. The summed E-state index contributed by atoms with van der Waals surface area (Å²) in [5.41, 5.74) is -0.583. The molecule has 8 heavy (non-hydrogen) atoms. The van der Waals surface area contributed by atoms with Gasteiger partial charge >= 0.3 is 35.5 Å². The van der Waals surface area contributed by atoms with Crippen molar-refractivity contribution in [2.24, 2.45) is 5.41 Å². The standard InChI is InChI=1S/C5H10O2.Na.H/c1-5(2,3)4(6)7;;/h1-3H3,(H,6,7);;. The summed E-state index contributed by atoms with van der Waals surface area (Å²) in [7, 11) is 0. The molecule has 0 aliphatic heterocycles. The predicted molar refractivity (Wildman–Crippen MR) is 34.2 cm³/mol. The fourth-order valence-electron chi connectivity index (χ4n) is 0. The van der Waals surface area contributed by atoms with Gasteiger partial charge in [0, 0.05) is 0 Å². The minimum atomic E-state index is -0.757. The van der Waals surface area contributed by atoms with E-state index in [-0.39, 0.29) is 29.6 Å². The summed E-state index contributed by atoms with van der Waals surface area (Å²) in [5.74, 6) is -0.757. The van der Waals surface area contributed by atoms with E-state index in [2.05, 4.69) is 0 Å². The van der Waals surface area contributed by atoms with Gasteiger partial charge in [0.1, 0.15) is 0 Å². The SMILES string of the molecule is CC(C)(C)C(=O)O.[NaH]. The van der Waals surface area contributed by atoms with Crippen LogP contribution >= 0.6 is 0 Å². The van der Waals surface area contributed by atoms with E-state index in [0.29, 0.717) is 0 Å². The fourth-order valence-corrected chi connectivity index (χ4v) is 0. The van der Waals surface area contributed by atoms with Crippen molar-refractivity contribution in [1.29, 1.82) is 0 Å². The number of hydrogen-bond donors (Lipinski definition) is 1. The quantitative estimate of drug-likeness (QED) is 0.479.